The first-order chi connectivity index (χ1) is 14.4. The van der Waals surface area contributed by atoms with Crippen LogP contribution in [-0.4, -0.2) is 42.2 Å². The number of rotatable bonds is 21. The first-order valence-corrected chi connectivity index (χ1v) is 14.0. The molecule has 0 amide bonds. The normalized spacial score (nSPS) is 13.1. The number of esters is 1. The lowest BCUT2D eigenvalue weighted by molar-refractivity contribution is -0.153. The van der Waals surface area contributed by atoms with Gasteiger partial charge in [-0.3, -0.25) is 4.79 Å². The molecular formula is C22H43O6PS. The Hall–Kier alpha value is -0.300. The smallest absolute Gasteiger partial charge is 0.322 e. The lowest BCUT2D eigenvalue weighted by atomic mass is 10.1. The fourth-order valence-electron chi connectivity index (χ4n) is 3.07. The molecule has 0 aromatic rings. The zero-order valence-electron chi connectivity index (χ0n) is 18.9. The molecule has 0 aliphatic heterocycles. The predicted octanol–water partition coefficient (Wildman–Crippen LogP) is 5.81. The van der Waals surface area contributed by atoms with Gasteiger partial charge < -0.3 is 23.8 Å². The molecular weight excluding hydrogens is 423 g/mol. The maximum absolute atomic E-state index is 11.9. The number of methoxy groups -OCH3 is 1. The van der Waals surface area contributed by atoms with Crippen LogP contribution in [-0.2, 0) is 30.6 Å². The summed E-state index contributed by atoms with van der Waals surface area (Å²) < 4.78 is 15.0. The van der Waals surface area contributed by atoms with Gasteiger partial charge in [0.05, 0.1) is 13.2 Å². The molecule has 6 nitrogen and oxygen atoms in total. The van der Waals surface area contributed by atoms with Crippen molar-refractivity contribution in [1.82, 2.24) is 0 Å². The molecule has 0 aromatic heterocycles. The van der Waals surface area contributed by atoms with Gasteiger partial charge in [-0.05, 0) is 43.9 Å². The summed E-state index contributed by atoms with van der Waals surface area (Å²) in [5.41, 5.74) is 0. The number of hydrogen-bond acceptors (Lipinski definition) is 5. The molecule has 8 heteroatoms. The monoisotopic (exact) mass is 466 g/mol. The van der Waals surface area contributed by atoms with Gasteiger partial charge in [0, 0.05) is 13.5 Å². The van der Waals surface area contributed by atoms with Gasteiger partial charge in [-0.2, -0.15) is 0 Å². The van der Waals surface area contributed by atoms with Gasteiger partial charge in [0.2, 0.25) is 0 Å². The zero-order valence-corrected chi connectivity index (χ0v) is 20.6. The lowest BCUT2D eigenvalue weighted by Crippen LogP contribution is -2.27. The second-order valence-corrected chi connectivity index (χ2v) is 10.4. The van der Waals surface area contributed by atoms with Crippen LogP contribution in [0.4, 0.5) is 0 Å². The van der Waals surface area contributed by atoms with E-state index in [4.69, 9.17) is 23.8 Å². The molecule has 0 rings (SSSR count). The Bertz CT molecular complexity index is 480. The van der Waals surface area contributed by atoms with Crippen molar-refractivity contribution >= 4 is 24.5 Å². The maximum atomic E-state index is 11.9. The second kappa shape index (κ2) is 20.6. The van der Waals surface area contributed by atoms with Crippen LogP contribution in [0.5, 0.6) is 0 Å². The predicted molar refractivity (Wildman–Crippen MR) is 126 cm³/mol. The van der Waals surface area contributed by atoms with Crippen LogP contribution in [0.3, 0.4) is 0 Å². The Morgan fingerprint density at radius 3 is 1.97 bits per heavy atom. The van der Waals surface area contributed by atoms with Gasteiger partial charge in [-0.25, -0.2) is 0 Å². The first-order valence-electron chi connectivity index (χ1n) is 11.4. The minimum Gasteiger partial charge on any atom is -0.457 e. The van der Waals surface area contributed by atoms with E-state index >= 15 is 0 Å². The molecule has 30 heavy (non-hydrogen) atoms. The molecule has 1 unspecified atom stereocenters. The second-order valence-electron chi connectivity index (χ2n) is 7.69. The third-order valence-corrected chi connectivity index (χ3v) is 5.52. The highest BCUT2D eigenvalue weighted by atomic mass is 32.5. The molecule has 0 radical (unpaired) electrons. The minimum atomic E-state index is -3.76. The van der Waals surface area contributed by atoms with E-state index in [9.17, 15) is 4.79 Å². The molecule has 2 N–H and O–H groups in total. The first kappa shape index (κ1) is 29.7. The molecule has 0 aliphatic rings. The largest absolute Gasteiger partial charge is 0.457 e. The van der Waals surface area contributed by atoms with Crippen LogP contribution in [0.2, 0.25) is 0 Å². The Morgan fingerprint density at radius 2 is 1.43 bits per heavy atom. The van der Waals surface area contributed by atoms with Gasteiger partial charge in [0.1, 0.15) is 6.10 Å². The number of allylic oxidation sites excluding steroid dienone is 2. The summed E-state index contributed by atoms with van der Waals surface area (Å²) in [6.45, 7) is -1.58. The van der Waals surface area contributed by atoms with E-state index in [1.807, 2.05) is 0 Å². The van der Waals surface area contributed by atoms with Crippen LogP contribution < -0.4 is 0 Å². The van der Waals surface area contributed by atoms with Crippen molar-refractivity contribution in [1.29, 1.82) is 0 Å². The van der Waals surface area contributed by atoms with Gasteiger partial charge in [-0.1, -0.05) is 70.4 Å². The molecule has 0 fully saturated rings. The van der Waals surface area contributed by atoms with E-state index in [1.54, 1.807) is 0 Å². The van der Waals surface area contributed by atoms with Crippen LogP contribution in [0.1, 0.15) is 96.8 Å². The summed E-state index contributed by atoms with van der Waals surface area (Å²) in [6.07, 6.45) is 20.0. The third-order valence-electron chi connectivity index (χ3n) is 4.72. The van der Waals surface area contributed by atoms with Gasteiger partial charge >= 0.3 is 12.7 Å². The van der Waals surface area contributed by atoms with Crippen LogP contribution in [0.25, 0.3) is 0 Å². The van der Waals surface area contributed by atoms with Crippen molar-refractivity contribution in [2.24, 2.45) is 0 Å². The van der Waals surface area contributed by atoms with Crippen LogP contribution in [0, 0.1) is 0 Å². The van der Waals surface area contributed by atoms with Crippen LogP contribution in [0.15, 0.2) is 12.2 Å². The fourth-order valence-corrected chi connectivity index (χ4v) is 3.61. The van der Waals surface area contributed by atoms with Crippen molar-refractivity contribution < 1.29 is 28.6 Å². The summed E-state index contributed by atoms with van der Waals surface area (Å²) in [5.74, 6) is -0.331. The molecule has 0 saturated heterocycles. The average molecular weight is 467 g/mol. The zero-order chi connectivity index (χ0) is 22.5. The molecule has 0 heterocycles. The molecule has 0 saturated carbocycles. The summed E-state index contributed by atoms with van der Waals surface area (Å²) in [6, 6.07) is 0. The van der Waals surface area contributed by atoms with Gasteiger partial charge in [0.15, 0.2) is 0 Å². The van der Waals surface area contributed by atoms with Crippen molar-refractivity contribution in [2.45, 2.75) is 103 Å². The molecule has 0 aromatic carbocycles. The van der Waals surface area contributed by atoms with E-state index in [-0.39, 0.29) is 19.2 Å². The molecule has 0 bridgehead atoms. The standard InChI is InChI=1S/C22H43O6PS/c1-3-4-5-6-7-8-9-10-11-12-13-14-15-16-17-18-22(23)28-21(19-26-2)20-27-29(24,25)30/h10-11,21H,3-9,12-20H2,1-2H3,(H2,24,25,30)/b11-10-. The van der Waals surface area contributed by atoms with E-state index < -0.39 is 12.8 Å². The fraction of sp³-hybridized carbons (Fsp3) is 0.864. The van der Waals surface area contributed by atoms with E-state index in [0.717, 1.165) is 25.7 Å². The molecule has 1 atom stereocenters. The number of ether oxygens (including phenoxy) is 2. The number of hydrogen-bond donors (Lipinski definition) is 2. The van der Waals surface area contributed by atoms with Crippen molar-refractivity contribution in [3.05, 3.63) is 12.2 Å². The van der Waals surface area contributed by atoms with Crippen LogP contribution >= 0.6 is 6.72 Å². The lowest BCUT2D eigenvalue weighted by Gasteiger charge is -2.18. The van der Waals surface area contributed by atoms with Crippen molar-refractivity contribution in [3.8, 4) is 0 Å². The molecule has 178 valence electrons. The van der Waals surface area contributed by atoms with Crippen molar-refractivity contribution in [2.75, 3.05) is 20.3 Å². The Balaban J connectivity index is 3.58. The van der Waals surface area contributed by atoms with E-state index in [2.05, 4.69) is 30.9 Å². The highest BCUT2D eigenvalue weighted by molar-refractivity contribution is 8.06. The SMILES string of the molecule is CCCCCCCC/C=C\CCCCCCCC(=O)OC(COC)COP(O)(O)=S. The Morgan fingerprint density at radius 1 is 0.900 bits per heavy atom. The Kier molecular flexibility index (Phi) is 20.4. The quantitative estimate of drug-likeness (QED) is 0.0956. The minimum absolute atomic E-state index is 0.119. The molecule has 0 aliphatic carbocycles. The Labute approximate surface area is 188 Å². The highest BCUT2D eigenvalue weighted by Gasteiger charge is 2.18. The number of carbonyl (C=O) groups is 1. The summed E-state index contributed by atoms with van der Waals surface area (Å²) in [5, 5.41) is 0. The maximum Gasteiger partial charge on any atom is 0.322 e. The van der Waals surface area contributed by atoms with E-state index in [0.29, 0.717) is 6.42 Å². The summed E-state index contributed by atoms with van der Waals surface area (Å²) in [7, 11) is 1.47. The summed E-state index contributed by atoms with van der Waals surface area (Å²) in [4.78, 5) is 30.1. The average Bonchev–Trinajstić information content (AvgIpc) is 2.68. The highest BCUT2D eigenvalue weighted by Crippen LogP contribution is 2.36. The number of carbonyl (C=O) groups excluding carboxylic acids is 1. The van der Waals surface area contributed by atoms with E-state index in [1.165, 1.54) is 64.9 Å². The topological polar surface area (TPSA) is 85.2 Å². The number of unbranched alkanes of at least 4 members (excludes halogenated alkanes) is 11. The van der Waals surface area contributed by atoms with Gasteiger partial charge in [-0.15, -0.1) is 0 Å². The molecule has 0 spiro atoms. The summed E-state index contributed by atoms with van der Waals surface area (Å²) >= 11 is 4.39. The third kappa shape index (κ3) is 22.4. The van der Waals surface area contributed by atoms with Gasteiger partial charge in [0.25, 0.3) is 0 Å². The van der Waals surface area contributed by atoms with Crippen molar-refractivity contribution in [3.63, 3.8) is 0 Å².